The zero-order valence-corrected chi connectivity index (χ0v) is 66.9. The molecule has 0 spiro atoms. The molecule has 9 heteroatoms. The maximum atomic E-state index is 5.38. The van der Waals surface area contributed by atoms with E-state index in [1.165, 1.54) is 142 Å². The minimum Gasteiger partial charge on any atom is -0.355 e. The van der Waals surface area contributed by atoms with Crippen LogP contribution in [0.25, 0.3) is 238 Å². The Balaban J connectivity index is 0.000000114. The van der Waals surface area contributed by atoms with Gasteiger partial charge in [0.2, 0.25) is 0 Å². The van der Waals surface area contributed by atoms with Gasteiger partial charge in [-0.05, 0) is 176 Å². The second kappa shape index (κ2) is 28.3. The maximum absolute atomic E-state index is 5.38. The monoisotopic (exact) mass is 1600 g/mol. The standard InChI is InChI=1S/C56H34N4.C30H20N2.C26H15BrN2/c1-3-14-36(15-4-1)54-53-44-24-12-16-35-17-13-25-45(52(35)44)55(53)58-56(57-54)39-18-11-21-41(32-39)60-49-27-10-8-23-43(49)47-34-38(29-31-51(47)60)37-28-30-50-46(33-37)42-22-7-9-26-48(42)59(50)40-19-5-2-6-20-40;1-2-8-22(9-3-1)32-29-13-7-5-11-24(29)26-19-21(15-17-30(26)32)20-14-16-28-25(18-20)23-10-4-6-12-27(23)31-28;27-19-12-4-11-18(15-19)26-28-24(17-7-2-1-3-8-17)23-20-13-5-9-16-10-6-14-21(22(16)20)25(23)29-26/h1-34H;1-19,31H;1-15H. The maximum Gasteiger partial charge on any atom is 0.160 e. The molecule has 6 heterocycles. The molecular formula is C112H69BrN8. The van der Waals surface area contributed by atoms with Crippen molar-refractivity contribution < 1.29 is 0 Å². The number of hydrogen-bond donors (Lipinski definition) is 1. The molecule has 0 unspecified atom stereocenters. The van der Waals surface area contributed by atoms with Crippen LogP contribution >= 0.6 is 15.9 Å². The molecule has 0 aliphatic heterocycles. The van der Waals surface area contributed by atoms with Gasteiger partial charge in [0, 0.05) is 120 Å². The van der Waals surface area contributed by atoms with E-state index in [1.54, 1.807) is 0 Å². The molecule has 2 aliphatic rings. The number of para-hydroxylation sites is 6. The molecule has 24 aromatic rings. The van der Waals surface area contributed by atoms with Gasteiger partial charge in [0.1, 0.15) is 0 Å². The zero-order valence-electron chi connectivity index (χ0n) is 65.3. The highest BCUT2D eigenvalue weighted by atomic mass is 79.9. The highest BCUT2D eigenvalue weighted by molar-refractivity contribution is 9.10. The lowest BCUT2D eigenvalue weighted by Gasteiger charge is -2.14. The highest BCUT2D eigenvalue weighted by Crippen LogP contribution is 2.53. The molecule has 0 bridgehead atoms. The molecule has 26 rings (SSSR count). The molecule has 1 N–H and O–H groups in total. The third-order valence-electron chi connectivity index (χ3n) is 24.4. The van der Waals surface area contributed by atoms with Gasteiger partial charge in [0.15, 0.2) is 11.6 Å². The molecule has 0 amide bonds. The lowest BCUT2D eigenvalue weighted by molar-refractivity contribution is 1.16. The number of halogens is 1. The topological polar surface area (TPSA) is 82.1 Å². The Morgan fingerprint density at radius 2 is 0.537 bits per heavy atom. The van der Waals surface area contributed by atoms with E-state index in [0.717, 1.165) is 94.4 Å². The molecule has 564 valence electrons. The third kappa shape index (κ3) is 11.5. The Hall–Kier alpha value is -15.7. The summed E-state index contributed by atoms with van der Waals surface area (Å²) in [5, 5.41) is 15.0. The predicted molar refractivity (Wildman–Crippen MR) is 507 cm³/mol. The summed E-state index contributed by atoms with van der Waals surface area (Å²) in [6.07, 6.45) is 0. The van der Waals surface area contributed by atoms with E-state index in [-0.39, 0.29) is 0 Å². The summed E-state index contributed by atoms with van der Waals surface area (Å²) in [4.78, 5) is 24.4. The van der Waals surface area contributed by atoms with Crippen LogP contribution in [0.5, 0.6) is 0 Å². The second-order valence-corrected chi connectivity index (χ2v) is 32.2. The number of nitrogens with zero attached hydrogens (tertiary/aromatic N) is 7. The van der Waals surface area contributed by atoms with Crippen molar-refractivity contribution in [1.29, 1.82) is 0 Å². The quantitative estimate of drug-likeness (QED) is 0.156. The van der Waals surface area contributed by atoms with Crippen molar-refractivity contribution in [2.24, 2.45) is 0 Å². The Labute approximate surface area is 704 Å². The van der Waals surface area contributed by atoms with Gasteiger partial charge < -0.3 is 18.7 Å². The van der Waals surface area contributed by atoms with Crippen LogP contribution < -0.4 is 0 Å². The second-order valence-electron chi connectivity index (χ2n) is 31.3. The van der Waals surface area contributed by atoms with E-state index in [0.29, 0.717) is 5.82 Å². The largest absolute Gasteiger partial charge is 0.355 e. The first-order valence-electron chi connectivity index (χ1n) is 41.0. The number of benzene rings is 18. The van der Waals surface area contributed by atoms with E-state index >= 15 is 0 Å². The molecule has 0 radical (unpaired) electrons. The Bertz CT molecular complexity index is 8340. The van der Waals surface area contributed by atoms with Crippen molar-refractivity contribution in [3.05, 3.63) is 417 Å². The van der Waals surface area contributed by atoms with Crippen LogP contribution in [-0.4, -0.2) is 38.6 Å². The number of aromatic amines is 1. The molecule has 0 atom stereocenters. The van der Waals surface area contributed by atoms with Gasteiger partial charge in [-0.15, -0.1) is 0 Å². The number of rotatable bonds is 9. The minimum absolute atomic E-state index is 0.714. The molecule has 121 heavy (non-hydrogen) atoms. The van der Waals surface area contributed by atoms with Gasteiger partial charge in [-0.2, -0.15) is 0 Å². The normalized spacial score (nSPS) is 11.8. The van der Waals surface area contributed by atoms with Crippen molar-refractivity contribution in [1.82, 2.24) is 38.6 Å². The summed E-state index contributed by atoms with van der Waals surface area (Å²) in [7, 11) is 0. The van der Waals surface area contributed by atoms with E-state index < -0.39 is 0 Å². The van der Waals surface area contributed by atoms with Crippen molar-refractivity contribution in [2.75, 3.05) is 0 Å². The molecule has 8 nitrogen and oxygen atoms in total. The number of hydrogen-bond acceptors (Lipinski definition) is 4. The predicted octanol–water partition coefficient (Wildman–Crippen LogP) is 29.9. The van der Waals surface area contributed by atoms with E-state index in [4.69, 9.17) is 19.9 Å². The fraction of sp³-hybridized carbons (Fsp3) is 0. The first kappa shape index (κ1) is 69.6. The molecular weight excluding hydrogens is 1540 g/mol. The van der Waals surface area contributed by atoms with Gasteiger partial charge in [-0.1, -0.05) is 307 Å². The molecule has 2 aliphatic carbocycles. The summed E-state index contributed by atoms with van der Waals surface area (Å²) in [6, 6.07) is 147. The third-order valence-corrected chi connectivity index (χ3v) is 24.9. The molecule has 0 saturated carbocycles. The Morgan fingerprint density at radius 3 is 1.00 bits per heavy atom. The van der Waals surface area contributed by atoms with Crippen molar-refractivity contribution in [3.63, 3.8) is 0 Å². The summed E-state index contributed by atoms with van der Waals surface area (Å²) in [5.41, 5.74) is 32.9. The van der Waals surface area contributed by atoms with Crippen LogP contribution in [0.1, 0.15) is 0 Å². The van der Waals surface area contributed by atoms with Crippen LogP contribution in [0.2, 0.25) is 0 Å². The van der Waals surface area contributed by atoms with Crippen LogP contribution in [0, 0.1) is 0 Å². The van der Waals surface area contributed by atoms with Crippen LogP contribution in [0.3, 0.4) is 0 Å². The lowest BCUT2D eigenvalue weighted by atomic mass is 9.99. The summed E-state index contributed by atoms with van der Waals surface area (Å²) in [5.74, 6) is 1.46. The highest BCUT2D eigenvalue weighted by Gasteiger charge is 2.31. The van der Waals surface area contributed by atoms with Gasteiger partial charge >= 0.3 is 0 Å². The van der Waals surface area contributed by atoms with Gasteiger partial charge in [-0.25, -0.2) is 19.9 Å². The number of fused-ring (bicyclic) bond motifs is 18. The fourth-order valence-electron chi connectivity index (χ4n) is 19.1. The fourth-order valence-corrected chi connectivity index (χ4v) is 19.5. The van der Waals surface area contributed by atoms with Crippen molar-refractivity contribution in [3.8, 4) is 129 Å². The minimum atomic E-state index is 0.714. The van der Waals surface area contributed by atoms with Crippen LogP contribution in [0.4, 0.5) is 0 Å². The van der Waals surface area contributed by atoms with Gasteiger partial charge in [0.25, 0.3) is 0 Å². The first-order chi connectivity index (χ1) is 59.9. The number of nitrogens with one attached hydrogen (secondary N) is 1. The SMILES string of the molecule is Brc1cccc(-c2nc(-c3ccccc3)c3c(n2)-c2cccc4cccc-3c24)c1.c1ccc(-c2nc(-c3cccc(-n4c5ccccc5c5cc(-c6ccc7c(c6)c6ccccc6n7-c6ccccc6)ccc54)c3)nc3c2-c2cccc4cccc-3c24)cc1.c1ccc(-n2c3ccccc3c3cc(-c4ccc5[nH]c6ccccc6c5c4)ccc32)cc1. The Morgan fingerprint density at radius 1 is 0.207 bits per heavy atom. The zero-order chi connectivity index (χ0) is 79.8. The molecule has 6 aromatic heterocycles. The van der Waals surface area contributed by atoms with E-state index in [1.807, 2.05) is 18.2 Å². The number of H-pyrrole nitrogens is 1. The molecule has 18 aromatic carbocycles. The van der Waals surface area contributed by atoms with Crippen LogP contribution in [-0.2, 0) is 0 Å². The summed E-state index contributed by atoms with van der Waals surface area (Å²) < 4.78 is 8.13. The van der Waals surface area contributed by atoms with Crippen molar-refractivity contribution >= 4 is 125 Å². The average Bonchev–Trinajstić information content (AvgIpc) is 1.54. The summed E-state index contributed by atoms with van der Waals surface area (Å²) >= 11 is 3.58. The Kier molecular flexibility index (Phi) is 16.3. The van der Waals surface area contributed by atoms with Gasteiger partial charge in [-0.3, -0.25) is 0 Å². The van der Waals surface area contributed by atoms with Gasteiger partial charge in [0.05, 0.1) is 55.9 Å². The van der Waals surface area contributed by atoms with E-state index in [2.05, 4.69) is 429 Å². The average molecular weight is 1610 g/mol. The molecule has 0 fully saturated rings. The lowest BCUT2D eigenvalue weighted by Crippen LogP contribution is -1.99. The first-order valence-corrected chi connectivity index (χ1v) is 41.8. The molecule has 0 saturated heterocycles. The summed E-state index contributed by atoms with van der Waals surface area (Å²) in [6.45, 7) is 0. The smallest absolute Gasteiger partial charge is 0.160 e. The van der Waals surface area contributed by atoms with Crippen LogP contribution in [0.15, 0.2) is 417 Å². The number of aromatic nitrogens is 8. The van der Waals surface area contributed by atoms with E-state index in [9.17, 15) is 0 Å². The van der Waals surface area contributed by atoms with Crippen molar-refractivity contribution in [2.45, 2.75) is 0 Å².